The van der Waals surface area contributed by atoms with Gasteiger partial charge < -0.3 is 19.8 Å². The number of benzene rings is 3. The van der Waals surface area contributed by atoms with Gasteiger partial charge in [-0.2, -0.15) is 26.3 Å². The largest absolute Gasteiger partial charge is 0.461 e. The van der Waals surface area contributed by atoms with Gasteiger partial charge in [-0.15, -0.1) is 0 Å². The van der Waals surface area contributed by atoms with Crippen LogP contribution in [0.3, 0.4) is 0 Å². The molecule has 4 nitrogen and oxygen atoms in total. The van der Waals surface area contributed by atoms with E-state index in [9.17, 15) is 36.6 Å². The number of hydrogen-bond acceptors (Lipinski definition) is 4. The van der Waals surface area contributed by atoms with E-state index in [0.29, 0.717) is 43.6 Å². The van der Waals surface area contributed by atoms with E-state index in [1.165, 1.54) is 18.2 Å². The molecule has 3 aromatic rings. The molecule has 0 spiro atoms. The van der Waals surface area contributed by atoms with Gasteiger partial charge in [-0.3, -0.25) is 0 Å². The zero-order chi connectivity index (χ0) is 30.7. The Morgan fingerprint density at radius 3 is 2.00 bits per heavy atom. The summed E-state index contributed by atoms with van der Waals surface area (Å²) in [4.78, 5) is 1.99. The fourth-order valence-corrected chi connectivity index (χ4v) is 5.26. The molecule has 0 saturated carbocycles. The lowest BCUT2D eigenvalue weighted by Gasteiger charge is -2.40. The number of piperidine rings is 1. The van der Waals surface area contributed by atoms with Crippen molar-refractivity contribution in [2.24, 2.45) is 0 Å². The third-order valence-corrected chi connectivity index (χ3v) is 7.95. The molecule has 1 aliphatic heterocycles. The molecular weight excluding hydrogens is 607 g/mol. The second-order valence-electron chi connectivity index (χ2n) is 10.1. The van der Waals surface area contributed by atoms with E-state index >= 15 is 0 Å². The first-order chi connectivity index (χ1) is 19.7. The van der Waals surface area contributed by atoms with Crippen LogP contribution in [-0.2, 0) is 18.0 Å². The van der Waals surface area contributed by atoms with Crippen molar-refractivity contribution in [1.29, 1.82) is 0 Å². The highest BCUT2D eigenvalue weighted by Gasteiger charge is 2.38. The molecule has 1 saturated heterocycles. The van der Waals surface area contributed by atoms with Crippen molar-refractivity contribution in [2.75, 3.05) is 26.2 Å². The minimum absolute atomic E-state index is 0.0142. The Balaban J connectivity index is 1.67. The Labute approximate surface area is 248 Å². The molecule has 1 heterocycles. The topological polar surface area (TPSA) is 52.9 Å². The fraction of sp³-hybridized carbons (Fsp3) is 0.333. The molecule has 2 N–H and O–H groups in total. The summed E-state index contributed by atoms with van der Waals surface area (Å²) >= 11 is 12.3. The van der Waals surface area contributed by atoms with Gasteiger partial charge in [0.2, 0.25) is 0 Å². The highest BCUT2D eigenvalue weighted by molar-refractivity contribution is 6.42. The molecule has 1 unspecified atom stereocenters. The molecule has 42 heavy (non-hydrogen) atoms. The molecule has 1 fully saturated rings. The first kappa shape index (κ1) is 32.2. The van der Waals surface area contributed by atoms with Gasteiger partial charge in [-0.25, -0.2) is 0 Å². The molecule has 226 valence electrons. The van der Waals surface area contributed by atoms with Crippen LogP contribution < -0.4 is 4.74 Å². The van der Waals surface area contributed by atoms with Crippen molar-refractivity contribution in [3.8, 4) is 5.75 Å². The Morgan fingerprint density at radius 2 is 1.48 bits per heavy atom. The van der Waals surface area contributed by atoms with Gasteiger partial charge in [0.05, 0.1) is 39.3 Å². The Hall–Kier alpha value is -2.76. The van der Waals surface area contributed by atoms with Gasteiger partial charge >= 0.3 is 12.4 Å². The highest BCUT2D eigenvalue weighted by atomic mass is 35.5. The summed E-state index contributed by atoms with van der Waals surface area (Å²) in [7, 11) is 0. The normalized spacial score (nSPS) is 17.2. The summed E-state index contributed by atoms with van der Waals surface area (Å²) in [5.74, 6) is -1.55. The summed E-state index contributed by atoms with van der Waals surface area (Å²) in [6.45, 7) is 0.445. The van der Waals surface area contributed by atoms with Gasteiger partial charge in [0.1, 0.15) is 11.5 Å². The van der Waals surface area contributed by atoms with Gasteiger partial charge in [-0.1, -0.05) is 59.6 Å². The van der Waals surface area contributed by atoms with Crippen molar-refractivity contribution >= 4 is 23.2 Å². The number of ether oxygens (including phenoxy) is 1. The molecule has 4 rings (SSSR count). The average Bonchev–Trinajstić information content (AvgIpc) is 2.93. The smallest absolute Gasteiger partial charge is 0.416 e. The molecular formula is C30H27Cl2F6NO3. The number of likely N-dealkylation sites (tertiary alicyclic amines) is 1. The van der Waals surface area contributed by atoms with E-state index in [1.807, 2.05) is 35.2 Å². The van der Waals surface area contributed by atoms with Gasteiger partial charge in [0.15, 0.2) is 0 Å². The lowest BCUT2D eigenvalue weighted by atomic mass is 9.84. The number of hydrogen-bond donors (Lipinski definition) is 2. The molecule has 1 atom stereocenters. The van der Waals surface area contributed by atoms with E-state index in [0.717, 1.165) is 5.56 Å². The highest BCUT2D eigenvalue weighted by Crippen LogP contribution is 2.41. The standard InChI is InChI=1S/C30H27Cl2F6NO3/c31-25-7-6-19(14-26(25)32)24(18-39-11-9-28(41,10-12-39)20-4-2-1-3-5-20)27(8-13-40)42-23-16-21(29(33,34)35)15-22(17-23)30(36,37)38/h1-8,14-17,24,40-41H,9-13,18H2/b27-8-. The lowest BCUT2D eigenvalue weighted by molar-refractivity contribution is -0.143. The second-order valence-corrected chi connectivity index (χ2v) is 10.9. The number of alkyl halides is 6. The number of nitrogens with zero attached hydrogens (tertiary/aromatic N) is 1. The maximum absolute atomic E-state index is 13.5. The van der Waals surface area contributed by atoms with Crippen LogP contribution in [0.5, 0.6) is 5.75 Å². The van der Waals surface area contributed by atoms with Crippen molar-refractivity contribution in [3.63, 3.8) is 0 Å². The van der Waals surface area contributed by atoms with Gasteiger partial charge in [0.25, 0.3) is 0 Å². The van der Waals surface area contributed by atoms with Crippen LogP contribution in [0.25, 0.3) is 0 Å². The minimum atomic E-state index is -5.06. The van der Waals surface area contributed by atoms with Gasteiger partial charge in [-0.05, 0) is 60.4 Å². The van der Waals surface area contributed by atoms with Crippen molar-refractivity contribution in [2.45, 2.75) is 36.7 Å². The second kappa shape index (κ2) is 12.9. The molecule has 12 heteroatoms. The zero-order valence-electron chi connectivity index (χ0n) is 22.0. The van der Waals surface area contributed by atoms with E-state index in [4.69, 9.17) is 27.9 Å². The molecule has 0 radical (unpaired) electrons. The maximum Gasteiger partial charge on any atom is 0.416 e. The first-order valence-corrected chi connectivity index (χ1v) is 13.7. The van der Waals surface area contributed by atoms with Crippen molar-refractivity contribution in [1.82, 2.24) is 4.90 Å². The lowest BCUT2D eigenvalue weighted by Crippen LogP contribution is -2.44. The SMILES string of the molecule is OC/C=C(\Oc1cc(C(F)(F)F)cc(C(F)(F)F)c1)C(CN1CCC(O)(c2ccccc2)CC1)c1ccc(Cl)c(Cl)c1. The van der Waals surface area contributed by atoms with Crippen LogP contribution in [0.2, 0.25) is 10.0 Å². The van der Waals surface area contributed by atoms with Crippen molar-refractivity contribution < 1.29 is 41.3 Å². The Kier molecular flexibility index (Phi) is 9.84. The number of aliphatic hydroxyl groups excluding tert-OH is 1. The zero-order valence-corrected chi connectivity index (χ0v) is 23.5. The number of rotatable bonds is 8. The minimum Gasteiger partial charge on any atom is -0.461 e. The van der Waals surface area contributed by atoms with Crippen LogP contribution in [0.4, 0.5) is 26.3 Å². The molecule has 3 aromatic carbocycles. The summed E-state index contributed by atoms with van der Waals surface area (Å²) < 4.78 is 86.7. The van der Waals surface area contributed by atoms with E-state index in [-0.39, 0.29) is 28.4 Å². The summed E-state index contributed by atoms with van der Waals surface area (Å²) in [6.07, 6.45) is -8.18. The van der Waals surface area contributed by atoms with Crippen LogP contribution >= 0.6 is 23.2 Å². The predicted molar refractivity (Wildman–Crippen MR) is 147 cm³/mol. The molecule has 0 aliphatic carbocycles. The average molecular weight is 634 g/mol. The van der Waals surface area contributed by atoms with E-state index < -0.39 is 47.4 Å². The predicted octanol–water partition coefficient (Wildman–Crippen LogP) is 8.05. The third kappa shape index (κ3) is 7.79. The molecule has 0 amide bonds. The van der Waals surface area contributed by atoms with Crippen LogP contribution in [0, 0.1) is 0 Å². The van der Waals surface area contributed by atoms with Gasteiger partial charge in [0, 0.05) is 19.6 Å². The molecule has 0 aromatic heterocycles. The Morgan fingerprint density at radius 1 is 0.881 bits per heavy atom. The summed E-state index contributed by atoms with van der Waals surface area (Å²) in [5.41, 5.74) is -2.82. The van der Waals surface area contributed by atoms with Crippen LogP contribution in [0.15, 0.2) is 78.6 Å². The van der Waals surface area contributed by atoms with Crippen LogP contribution in [0.1, 0.15) is 41.0 Å². The molecule has 0 bridgehead atoms. The fourth-order valence-electron chi connectivity index (χ4n) is 4.96. The van der Waals surface area contributed by atoms with Crippen LogP contribution in [-0.4, -0.2) is 41.4 Å². The monoisotopic (exact) mass is 633 g/mol. The maximum atomic E-state index is 13.5. The first-order valence-electron chi connectivity index (χ1n) is 12.9. The quantitative estimate of drug-likeness (QED) is 0.195. The number of aliphatic hydroxyl groups is 2. The summed E-state index contributed by atoms with van der Waals surface area (Å²) in [5, 5.41) is 21.4. The van der Waals surface area contributed by atoms with E-state index in [2.05, 4.69) is 0 Å². The Bertz CT molecular complexity index is 1370. The van der Waals surface area contributed by atoms with E-state index in [1.54, 1.807) is 6.07 Å². The number of halogens is 8. The summed E-state index contributed by atoms with van der Waals surface area (Å²) in [6, 6.07) is 14.8. The molecule has 1 aliphatic rings. The van der Waals surface area contributed by atoms with Crippen molar-refractivity contribution in [3.05, 3.63) is 111 Å². The third-order valence-electron chi connectivity index (χ3n) is 7.21.